The molecule has 2 aromatic rings. The maximum absolute atomic E-state index is 11.4. The zero-order valence-corrected chi connectivity index (χ0v) is 13.7. The lowest BCUT2D eigenvalue weighted by Crippen LogP contribution is -2.18. The van der Waals surface area contributed by atoms with E-state index in [0.717, 1.165) is 10.6 Å². The minimum atomic E-state index is -3.12. The molecule has 112 valence electrons. The van der Waals surface area contributed by atoms with Gasteiger partial charge in [0.25, 0.3) is 0 Å². The molecule has 0 amide bonds. The summed E-state index contributed by atoms with van der Waals surface area (Å²) >= 11 is 1.71. The summed E-state index contributed by atoms with van der Waals surface area (Å²) in [6.07, 6.45) is 1.22. The second kappa shape index (κ2) is 7.11. The Morgan fingerprint density at radius 1 is 1.05 bits per heavy atom. The molecule has 1 N–H and O–H groups in total. The minimum absolute atomic E-state index is 0.269. The number of hydrogen-bond acceptors (Lipinski definition) is 4. The van der Waals surface area contributed by atoms with Crippen molar-refractivity contribution in [3.05, 3.63) is 60.2 Å². The Labute approximate surface area is 130 Å². The number of hydrogen-bond donors (Lipinski definition) is 1. The molecule has 0 aliphatic rings. The average Bonchev–Trinajstić information content (AvgIpc) is 2.48. The van der Waals surface area contributed by atoms with Gasteiger partial charge in [-0.3, -0.25) is 0 Å². The van der Waals surface area contributed by atoms with Crippen molar-refractivity contribution in [3.8, 4) is 0 Å². The molecular formula is C16H19NO2S2. The van der Waals surface area contributed by atoms with Gasteiger partial charge in [-0.25, -0.2) is 8.42 Å². The molecule has 21 heavy (non-hydrogen) atoms. The van der Waals surface area contributed by atoms with Crippen LogP contribution in [-0.4, -0.2) is 27.5 Å². The van der Waals surface area contributed by atoms with E-state index in [4.69, 9.17) is 0 Å². The third kappa shape index (κ3) is 4.59. The number of sulfone groups is 1. The van der Waals surface area contributed by atoms with E-state index in [9.17, 15) is 8.42 Å². The summed E-state index contributed by atoms with van der Waals surface area (Å²) in [6, 6.07) is 17.6. The first-order chi connectivity index (χ1) is 10.0. The van der Waals surface area contributed by atoms with Crippen molar-refractivity contribution < 1.29 is 8.42 Å². The Kier molecular flexibility index (Phi) is 5.45. The Hall–Kier alpha value is -1.30. The minimum Gasteiger partial charge on any atom is -0.312 e. The summed E-state index contributed by atoms with van der Waals surface area (Å²) in [7, 11) is -1.17. The molecular weight excluding hydrogens is 302 g/mol. The third-order valence-electron chi connectivity index (χ3n) is 3.22. The Balaban J connectivity index is 2.02. The smallest absolute Gasteiger partial charge is 0.175 e. The van der Waals surface area contributed by atoms with Gasteiger partial charge in [-0.15, -0.1) is 11.8 Å². The molecule has 0 bridgehead atoms. The summed E-state index contributed by atoms with van der Waals surface area (Å²) < 4.78 is 22.8. The molecule has 2 aromatic carbocycles. The van der Waals surface area contributed by atoms with Crippen LogP contribution in [0.5, 0.6) is 0 Å². The van der Waals surface area contributed by atoms with E-state index in [1.165, 1.54) is 11.8 Å². The first-order valence-electron chi connectivity index (χ1n) is 6.66. The SMILES string of the molecule is CNC(CSc1ccc(S(C)(=O)=O)cc1)c1ccccc1. The van der Waals surface area contributed by atoms with Crippen LogP contribution in [0.1, 0.15) is 11.6 Å². The van der Waals surface area contributed by atoms with Crippen LogP contribution in [0.4, 0.5) is 0 Å². The van der Waals surface area contributed by atoms with Gasteiger partial charge in [-0.2, -0.15) is 0 Å². The van der Waals surface area contributed by atoms with Crippen LogP contribution in [-0.2, 0) is 9.84 Å². The van der Waals surface area contributed by atoms with Crippen molar-refractivity contribution in [2.24, 2.45) is 0 Å². The molecule has 0 fully saturated rings. The fourth-order valence-electron chi connectivity index (χ4n) is 1.99. The summed E-state index contributed by atoms with van der Waals surface area (Å²) in [5.74, 6) is 0.888. The lowest BCUT2D eigenvalue weighted by molar-refractivity contribution is 0.602. The Morgan fingerprint density at radius 2 is 1.67 bits per heavy atom. The highest BCUT2D eigenvalue weighted by Gasteiger charge is 2.10. The second-order valence-electron chi connectivity index (χ2n) is 4.81. The van der Waals surface area contributed by atoms with Crippen molar-refractivity contribution >= 4 is 21.6 Å². The summed E-state index contributed by atoms with van der Waals surface area (Å²) in [5, 5.41) is 3.31. The molecule has 0 aliphatic heterocycles. The molecule has 1 unspecified atom stereocenters. The molecule has 3 nitrogen and oxygen atoms in total. The van der Waals surface area contributed by atoms with E-state index >= 15 is 0 Å². The van der Waals surface area contributed by atoms with E-state index < -0.39 is 9.84 Å². The van der Waals surface area contributed by atoms with Gasteiger partial charge >= 0.3 is 0 Å². The fourth-order valence-corrected chi connectivity index (χ4v) is 3.67. The first kappa shape index (κ1) is 16.1. The van der Waals surface area contributed by atoms with Gasteiger partial charge in [0.1, 0.15) is 0 Å². The molecule has 0 radical (unpaired) electrons. The number of nitrogens with one attached hydrogen (secondary N) is 1. The van der Waals surface area contributed by atoms with Crippen LogP contribution in [0.25, 0.3) is 0 Å². The number of rotatable bonds is 6. The van der Waals surface area contributed by atoms with Crippen LogP contribution < -0.4 is 5.32 Å². The van der Waals surface area contributed by atoms with Gasteiger partial charge < -0.3 is 5.32 Å². The highest BCUT2D eigenvalue weighted by molar-refractivity contribution is 7.99. The Bertz CT molecular complexity index is 667. The Morgan fingerprint density at radius 3 is 2.19 bits per heavy atom. The third-order valence-corrected chi connectivity index (χ3v) is 5.45. The molecule has 1 atom stereocenters. The standard InChI is InChI=1S/C16H19NO2S2/c1-17-16(13-6-4-3-5-7-13)12-20-14-8-10-15(11-9-14)21(2,18)19/h3-11,16-17H,12H2,1-2H3. The molecule has 0 saturated heterocycles. The summed E-state index contributed by atoms with van der Waals surface area (Å²) in [5.41, 5.74) is 1.25. The van der Waals surface area contributed by atoms with Crippen LogP contribution in [0.15, 0.2) is 64.4 Å². The lowest BCUT2D eigenvalue weighted by atomic mass is 10.1. The van der Waals surface area contributed by atoms with Gasteiger partial charge in [0, 0.05) is 22.9 Å². The van der Waals surface area contributed by atoms with E-state index in [0.29, 0.717) is 4.90 Å². The fraction of sp³-hybridized carbons (Fsp3) is 0.250. The molecule has 0 aliphatic carbocycles. The van der Waals surface area contributed by atoms with Crippen LogP contribution in [0.3, 0.4) is 0 Å². The van der Waals surface area contributed by atoms with Gasteiger partial charge in [-0.05, 0) is 36.9 Å². The van der Waals surface area contributed by atoms with Gasteiger partial charge in [0.15, 0.2) is 9.84 Å². The quantitative estimate of drug-likeness (QED) is 0.830. The maximum atomic E-state index is 11.4. The largest absolute Gasteiger partial charge is 0.312 e. The van der Waals surface area contributed by atoms with Crippen LogP contribution in [0.2, 0.25) is 0 Å². The highest BCUT2D eigenvalue weighted by Crippen LogP contribution is 2.25. The monoisotopic (exact) mass is 321 g/mol. The van der Waals surface area contributed by atoms with Gasteiger partial charge in [-0.1, -0.05) is 30.3 Å². The van der Waals surface area contributed by atoms with Crippen molar-refractivity contribution in [2.45, 2.75) is 15.8 Å². The van der Waals surface area contributed by atoms with Crippen molar-refractivity contribution in [2.75, 3.05) is 19.1 Å². The van der Waals surface area contributed by atoms with E-state index in [1.807, 2.05) is 37.4 Å². The zero-order valence-electron chi connectivity index (χ0n) is 12.1. The predicted octanol–water partition coefficient (Wildman–Crippen LogP) is 3.14. The molecule has 5 heteroatoms. The molecule has 0 saturated carbocycles. The van der Waals surface area contributed by atoms with Crippen molar-refractivity contribution in [1.29, 1.82) is 0 Å². The molecule has 2 rings (SSSR count). The summed E-state index contributed by atoms with van der Waals surface area (Å²) in [4.78, 5) is 1.43. The lowest BCUT2D eigenvalue weighted by Gasteiger charge is -2.16. The van der Waals surface area contributed by atoms with Crippen LogP contribution in [0, 0.1) is 0 Å². The molecule has 0 aromatic heterocycles. The van der Waals surface area contributed by atoms with Gasteiger partial charge in [0.05, 0.1) is 4.90 Å². The van der Waals surface area contributed by atoms with Crippen LogP contribution >= 0.6 is 11.8 Å². The predicted molar refractivity (Wildman–Crippen MR) is 88.5 cm³/mol. The topological polar surface area (TPSA) is 46.2 Å². The second-order valence-corrected chi connectivity index (χ2v) is 7.92. The normalized spacial score (nSPS) is 13.0. The summed E-state index contributed by atoms with van der Waals surface area (Å²) in [6.45, 7) is 0. The van der Waals surface area contributed by atoms with E-state index in [1.54, 1.807) is 23.9 Å². The highest BCUT2D eigenvalue weighted by atomic mass is 32.2. The van der Waals surface area contributed by atoms with Crippen molar-refractivity contribution in [1.82, 2.24) is 5.32 Å². The maximum Gasteiger partial charge on any atom is 0.175 e. The van der Waals surface area contributed by atoms with E-state index in [-0.39, 0.29) is 6.04 Å². The van der Waals surface area contributed by atoms with Crippen molar-refractivity contribution in [3.63, 3.8) is 0 Å². The number of benzene rings is 2. The average molecular weight is 321 g/mol. The molecule has 0 spiro atoms. The first-order valence-corrected chi connectivity index (χ1v) is 9.53. The number of thioether (sulfide) groups is 1. The van der Waals surface area contributed by atoms with Gasteiger partial charge in [0.2, 0.25) is 0 Å². The molecule has 0 heterocycles. The van der Waals surface area contributed by atoms with E-state index in [2.05, 4.69) is 17.4 Å². The zero-order chi connectivity index (χ0) is 15.3.